The van der Waals surface area contributed by atoms with Crippen molar-refractivity contribution in [1.82, 2.24) is 5.32 Å². The van der Waals surface area contributed by atoms with Crippen molar-refractivity contribution in [3.8, 4) is 5.75 Å². The SMILES string of the molecule is CNC(=O)c1cc(S(=O)(=O)Nc2ccc(F)c(Cl)c2)ccc1OC. The second kappa shape index (κ2) is 7.06. The van der Waals surface area contributed by atoms with E-state index in [1.165, 1.54) is 38.4 Å². The maximum Gasteiger partial charge on any atom is 0.261 e. The van der Waals surface area contributed by atoms with E-state index in [-0.39, 0.29) is 26.9 Å². The van der Waals surface area contributed by atoms with Gasteiger partial charge in [-0.1, -0.05) is 11.6 Å². The number of methoxy groups -OCH3 is 1. The molecular formula is C15H14ClFN2O4S. The molecule has 0 heterocycles. The van der Waals surface area contributed by atoms with E-state index in [0.29, 0.717) is 0 Å². The van der Waals surface area contributed by atoms with Crippen LogP contribution < -0.4 is 14.8 Å². The van der Waals surface area contributed by atoms with Gasteiger partial charge in [0.05, 0.1) is 28.3 Å². The molecule has 0 fully saturated rings. The fourth-order valence-electron chi connectivity index (χ4n) is 1.94. The summed E-state index contributed by atoms with van der Waals surface area (Å²) in [6, 6.07) is 7.28. The standard InChI is InChI=1S/C15H14ClFN2O4S/c1-18-15(20)11-8-10(4-6-14(11)23-2)24(21,22)19-9-3-5-13(17)12(16)7-9/h3-8,19H,1-2H3,(H,18,20). The zero-order valence-corrected chi connectivity index (χ0v) is 14.3. The average molecular weight is 373 g/mol. The first-order valence-corrected chi connectivity index (χ1v) is 8.52. The van der Waals surface area contributed by atoms with Crippen molar-refractivity contribution < 1.29 is 22.3 Å². The highest BCUT2D eigenvalue weighted by atomic mass is 35.5. The molecule has 0 spiro atoms. The van der Waals surface area contributed by atoms with Gasteiger partial charge >= 0.3 is 0 Å². The molecular weight excluding hydrogens is 359 g/mol. The number of ether oxygens (including phenoxy) is 1. The minimum Gasteiger partial charge on any atom is -0.496 e. The molecule has 0 atom stereocenters. The first-order chi connectivity index (χ1) is 11.3. The van der Waals surface area contributed by atoms with Crippen molar-refractivity contribution in [2.75, 3.05) is 18.9 Å². The van der Waals surface area contributed by atoms with Gasteiger partial charge in [-0.3, -0.25) is 9.52 Å². The van der Waals surface area contributed by atoms with Crippen molar-refractivity contribution in [3.05, 3.63) is 52.8 Å². The summed E-state index contributed by atoms with van der Waals surface area (Å²) in [5.74, 6) is -0.919. The molecule has 0 aromatic heterocycles. The molecule has 0 radical (unpaired) electrons. The van der Waals surface area contributed by atoms with Crippen LogP contribution in [-0.2, 0) is 10.0 Å². The summed E-state index contributed by atoms with van der Waals surface area (Å²) in [6.07, 6.45) is 0. The molecule has 2 aromatic rings. The summed E-state index contributed by atoms with van der Waals surface area (Å²) in [5, 5.41) is 2.19. The topological polar surface area (TPSA) is 84.5 Å². The minimum absolute atomic E-state index is 0.0695. The van der Waals surface area contributed by atoms with Crippen molar-refractivity contribution in [3.63, 3.8) is 0 Å². The summed E-state index contributed by atoms with van der Waals surface area (Å²) in [7, 11) is -1.21. The van der Waals surface area contributed by atoms with Gasteiger partial charge in [0.1, 0.15) is 11.6 Å². The van der Waals surface area contributed by atoms with E-state index >= 15 is 0 Å². The highest BCUT2D eigenvalue weighted by Crippen LogP contribution is 2.25. The van der Waals surface area contributed by atoms with Crippen LogP contribution in [0.2, 0.25) is 5.02 Å². The van der Waals surface area contributed by atoms with Gasteiger partial charge in [-0.15, -0.1) is 0 Å². The van der Waals surface area contributed by atoms with E-state index in [2.05, 4.69) is 10.0 Å². The Morgan fingerprint density at radius 2 is 1.92 bits per heavy atom. The van der Waals surface area contributed by atoms with E-state index < -0.39 is 21.7 Å². The Kier molecular flexibility index (Phi) is 5.30. The lowest BCUT2D eigenvalue weighted by Gasteiger charge is -2.12. The van der Waals surface area contributed by atoms with Crippen LogP contribution in [0.25, 0.3) is 0 Å². The van der Waals surface area contributed by atoms with Gasteiger partial charge < -0.3 is 10.1 Å². The van der Waals surface area contributed by atoms with Crippen LogP contribution in [0.5, 0.6) is 5.75 Å². The molecule has 0 saturated heterocycles. The summed E-state index contributed by atoms with van der Waals surface area (Å²) >= 11 is 5.63. The van der Waals surface area contributed by atoms with Crippen LogP contribution in [-0.4, -0.2) is 28.5 Å². The maximum absolute atomic E-state index is 13.2. The van der Waals surface area contributed by atoms with Gasteiger partial charge in [-0.05, 0) is 36.4 Å². The van der Waals surface area contributed by atoms with Gasteiger partial charge in [0.25, 0.3) is 15.9 Å². The molecule has 9 heteroatoms. The fraction of sp³-hybridized carbons (Fsp3) is 0.133. The largest absolute Gasteiger partial charge is 0.496 e. The van der Waals surface area contributed by atoms with Gasteiger partial charge in [-0.2, -0.15) is 0 Å². The normalized spacial score (nSPS) is 11.0. The molecule has 24 heavy (non-hydrogen) atoms. The Morgan fingerprint density at radius 3 is 2.50 bits per heavy atom. The number of carbonyl (C=O) groups excluding carboxylic acids is 1. The van der Waals surface area contributed by atoms with Crippen LogP contribution >= 0.6 is 11.6 Å². The molecule has 0 aliphatic rings. The number of hydrogen-bond donors (Lipinski definition) is 2. The number of carbonyl (C=O) groups is 1. The second-order valence-electron chi connectivity index (χ2n) is 4.68. The van der Waals surface area contributed by atoms with Gasteiger partial charge in [0.2, 0.25) is 0 Å². The molecule has 6 nitrogen and oxygen atoms in total. The Labute approximate surface area is 143 Å². The zero-order chi connectivity index (χ0) is 17.9. The molecule has 0 aliphatic heterocycles. The number of nitrogens with one attached hydrogen (secondary N) is 2. The molecule has 1 amide bonds. The predicted octanol–water partition coefficient (Wildman–Crippen LogP) is 2.65. The van der Waals surface area contributed by atoms with Gasteiger partial charge in [0, 0.05) is 7.05 Å². The van der Waals surface area contributed by atoms with Gasteiger partial charge in [-0.25, -0.2) is 12.8 Å². The lowest BCUT2D eigenvalue weighted by atomic mass is 10.2. The Hall–Kier alpha value is -2.32. The van der Waals surface area contributed by atoms with E-state index in [9.17, 15) is 17.6 Å². The molecule has 0 saturated carbocycles. The zero-order valence-electron chi connectivity index (χ0n) is 12.8. The molecule has 0 bridgehead atoms. The maximum atomic E-state index is 13.2. The lowest BCUT2D eigenvalue weighted by Crippen LogP contribution is -2.20. The molecule has 2 N–H and O–H groups in total. The van der Waals surface area contributed by atoms with Crippen LogP contribution in [0, 0.1) is 5.82 Å². The first-order valence-electron chi connectivity index (χ1n) is 6.66. The van der Waals surface area contributed by atoms with E-state index in [1.807, 2.05) is 0 Å². The van der Waals surface area contributed by atoms with Crippen LogP contribution in [0.3, 0.4) is 0 Å². The highest BCUT2D eigenvalue weighted by molar-refractivity contribution is 7.92. The quantitative estimate of drug-likeness (QED) is 0.845. The number of amides is 1. The summed E-state index contributed by atoms with van der Waals surface area (Å²) < 4.78 is 45.4. The second-order valence-corrected chi connectivity index (χ2v) is 6.77. The summed E-state index contributed by atoms with van der Waals surface area (Å²) in [6.45, 7) is 0. The monoisotopic (exact) mass is 372 g/mol. The lowest BCUT2D eigenvalue weighted by molar-refractivity contribution is 0.0960. The first kappa shape index (κ1) is 18.0. The van der Waals surface area contributed by atoms with Crippen molar-refractivity contribution in [2.24, 2.45) is 0 Å². The Balaban J connectivity index is 2.41. The predicted molar refractivity (Wildman–Crippen MR) is 88.6 cm³/mol. The third-order valence-corrected chi connectivity index (χ3v) is 4.79. The van der Waals surface area contributed by atoms with Crippen molar-refractivity contribution in [1.29, 1.82) is 0 Å². The highest BCUT2D eigenvalue weighted by Gasteiger charge is 2.20. The molecule has 128 valence electrons. The number of benzene rings is 2. The van der Waals surface area contributed by atoms with Crippen LogP contribution in [0.4, 0.5) is 10.1 Å². The number of halogens is 2. The third-order valence-electron chi connectivity index (χ3n) is 3.12. The van der Waals surface area contributed by atoms with E-state index in [0.717, 1.165) is 12.1 Å². The average Bonchev–Trinajstić information content (AvgIpc) is 2.56. The van der Waals surface area contributed by atoms with E-state index in [4.69, 9.17) is 16.3 Å². The molecule has 2 aromatic carbocycles. The number of sulfonamides is 1. The minimum atomic E-state index is -4.00. The fourth-order valence-corrected chi connectivity index (χ4v) is 3.20. The van der Waals surface area contributed by atoms with Crippen molar-refractivity contribution >= 4 is 33.2 Å². The number of anilines is 1. The third kappa shape index (κ3) is 3.77. The molecule has 0 aliphatic carbocycles. The number of hydrogen-bond acceptors (Lipinski definition) is 4. The Bertz CT molecular complexity index is 887. The molecule has 2 rings (SSSR count). The van der Waals surface area contributed by atoms with Crippen molar-refractivity contribution in [2.45, 2.75) is 4.90 Å². The molecule has 0 unspecified atom stereocenters. The van der Waals surface area contributed by atoms with Crippen LogP contribution in [0.1, 0.15) is 10.4 Å². The van der Waals surface area contributed by atoms with Crippen LogP contribution in [0.15, 0.2) is 41.3 Å². The Morgan fingerprint density at radius 1 is 1.21 bits per heavy atom. The van der Waals surface area contributed by atoms with Gasteiger partial charge in [0.15, 0.2) is 0 Å². The van der Waals surface area contributed by atoms with E-state index in [1.54, 1.807) is 0 Å². The summed E-state index contributed by atoms with van der Waals surface area (Å²) in [5.41, 5.74) is 0.165. The number of rotatable bonds is 5. The summed E-state index contributed by atoms with van der Waals surface area (Å²) in [4.78, 5) is 11.7. The smallest absolute Gasteiger partial charge is 0.261 e.